The maximum atomic E-state index is 2.42. The summed E-state index contributed by atoms with van der Waals surface area (Å²) in [6.07, 6.45) is 14.1. The van der Waals surface area contributed by atoms with Crippen molar-refractivity contribution in [3.05, 3.63) is 30.7 Å². The Morgan fingerprint density at radius 3 is 2.42 bits per heavy atom. The van der Waals surface area contributed by atoms with Crippen LogP contribution in [0, 0.1) is 18.3 Å². The molecule has 68 valence electrons. The molecule has 12 heavy (non-hydrogen) atoms. The fourth-order valence-corrected chi connectivity index (χ4v) is 1.69. The SMILES string of the molecule is C1=CC2[CH-]CCC2C=C1.[Cl-].[Cl-].[Hf]. The van der Waals surface area contributed by atoms with Crippen molar-refractivity contribution < 1.29 is 50.7 Å². The predicted octanol–water partition coefficient (Wildman–Crippen LogP) is -3.65. The van der Waals surface area contributed by atoms with Crippen LogP contribution in [0.3, 0.4) is 0 Å². The van der Waals surface area contributed by atoms with Crippen LogP contribution in [-0.4, -0.2) is 0 Å². The van der Waals surface area contributed by atoms with Gasteiger partial charge in [0.05, 0.1) is 0 Å². The van der Waals surface area contributed by atoms with Crippen LogP contribution < -0.4 is 24.8 Å². The van der Waals surface area contributed by atoms with Crippen LogP contribution in [0.2, 0.25) is 0 Å². The van der Waals surface area contributed by atoms with Gasteiger partial charge >= 0.3 is 0 Å². The summed E-state index contributed by atoms with van der Waals surface area (Å²) in [4.78, 5) is 0. The second-order valence-electron chi connectivity index (χ2n) is 2.82. The molecular formula is C9H11Cl2Hf-3. The van der Waals surface area contributed by atoms with Crippen molar-refractivity contribution in [1.82, 2.24) is 0 Å². The van der Waals surface area contributed by atoms with Crippen molar-refractivity contribution >= 4 is 0 Å². The number of fused-ring (bicyclic) bond motifs is 1. The molecule has 0 spiro atoms. The van der Waals surface area contributed by atoms with Crippen LogP contribution >= 0.6 is 0 Å². The zero-order valence-electron chi connectivity index (χ0n) is 6.71. The number of allylic oxidation sites excluding steroid dienone is 4. The zero-order chi connectivity index (χ0) is 6.10. The summed E-state index contributed by atoms with van der Waals surface area (Å²) in [6, 6.07) is 0. The minimum Gasteiger partial charge on any atom is -1.00 e. The van der Waals surface area contributed by atoms with Gasteiger partial charge in [0.25, 0.3) is 0 Å². The fraction of sp³-hybridized carbons (Fsp3) is 0.444. The topological polar surface area (TPSA) is 0 Å². The monoisotopic (exact) mass is 369 g/mol. The van der Waals surface area contributed by atoms with Gasteiger partial charge in [-0.15, -0.1) is 12.0 Å². The van der Waals surface area contributed by atoms with Crippen molar-refractivity contribution in [2.24, 2.45) is 11.8 Å². The fourth-order valence-electron chi connectivity index (χ4n) is 1.69. The van der Waals surface area contributed by atoms with Gasteiger partial charge in [-0.05, 0) is 5.92 Å². The van der Waals surface area contributed by atoms with Gasteiger partial charge < -0.3 is 31.2 Å². The normalized spacial score (nSPS) is 29.3. The van der Waals surface area contributed by atoms with Crippen molar-refractivity contribution in [2.45, 2.75) is 12.8 Å². The molecule has 2 rings (SSSR count). The zero-order valence-corrected chi connectivity index (χ0v) is 11.8. The summed E-state index contributed by atoms with van der Waals surface area (Å²) >= 11 is 0. The van der Waals surface area contributed by atoms with E-state index in [2.05, 4.69) is 30.7 Å². The second kappa shape index (κ2) is 7.34. The number of rotatable bonds is 0. The van der Waals surface area contributed by atoms with Crippen LogP contribution in [0.25, 0.3) is 0 Å². The Balaban J connectivity index is 0. The Morgan fingerprint density at radius 2 is 1.75 bits per heavy atom. The standard InChI is InChI=1S/C9H11.2ClH.Hf/c1-2-5-9-7-3-6-8(9)4-1;;;/h1-2,4-6,8-9H,3,7H2;2*1H;/q-1;;;/p-2. The molecule has 0 amide bonds. The van der Waals surface area contributed by atoms with E-state index in [0.29, 0.717) is 0 Å². The number of hydrogen-bond donors (Lipinski definition) is 0. The molecule has 2 atom stereocenters. The van der Waals surface area contributed by atoms with E-state index in [1.807, 2.05) is 0 Å². The van der Waals surface area contributed by atoms with E-state index < -0.39 is 0 Å². The van der Waals surface area contributed by atoms with Gasteiger partial charge in [-0.1, -0.05) is 24.6 Å². The molecule has 0 aromatic heterocycles. The van der Waals surface area contributed by atoms with Gasteiger partial charge in [-0.3, -0.25) is 0 Å². The quantitative estimate of drug-likeness (QED) is 0.306. The smallest absolute Gasteiger partial charge is 0 e. The Morgan fingerprint density at radius 1 is 1.08 bits per heavy atom. The largest absolute Gasteiger partial charge is 1.00 e. The molecule has 2 aliphatic rings. The van der Waals surface area contributed by atoms with Gasteiger partial charge in [-0.2, -0.15) is 6.42 Å². The summed E-state index contributed by atoms with van der Waals surface area (Å²) < 4.78 is 0. The third-order valence-electron chi connectivity index (χ3n) is 2.24. The van der Waals surface area contributed by atoms with E-state index in [1.165, 1.54) is 12.8 Å². The van der Waals surface area contributed by atoms with E-state index >= 15 is 0 Å². The summed E-state index contributed by atoms with van der Waals surface area (Å²) in [5, 5.41) is 0. The molecule has 0 aromatic carbocycles. The molecule has 1 fully saturated rings. The molecule has 2 unspecified atom stereocenters. The summed E-state index contributed by atoms with van der Waals surface area (Å²) in [6.45, 7) is 0. The van der Waals surface area contributed by atoms with Gasteiger partial charge in [0, 0.05) is 25.8 Å². The Kier molecular flexibility index (Phi) is 9.43. The van der Waals surface area contributed by atoms with Crippen LogP contribution in [0.4, 0.5) is 0 Å². The minimum atomic E-state index is 0. The molecule has 0 bridgehead atoms. The molecule has 0 heterocycles. The van der Waals surface area contributed by atoms with Gasteiger partial charge in [-0.25, -0.2) is 0 Å². The van der Waals surface area contributed by atoms with Crippen molar-refractivity contribution in [2.75, 3.05) is 0 Å². The maximum Gasteiger partial charge on any atom is 0 e. The van der Waals surface area contributed by atoms with E-state index in [0.717, 1.165) is 11.8 Å². The molecular weight excluding hydrogens is 357 g/mol. The van der Waals surface area contributed by atoms with Crippen LogP contribution in [0.1, 0.15) is 12.8 Å². The maximum absolute atomic E-state index is 2.42. The Bertz CT molecular complexity index is 148. The molecule has 2 aliphatic carbocycles. The molecule has 3 heteroatoms. The molecule has 1 saturated carbocycles. The third kappa shape index (κ3) is 3.35. The Hall–Kier alpha value is 0.930. The van der Waals surface area contributed by atoms with E-state index in [1.54, 1.807) is 0 Å². The number of halogens is 2. The number of hydrogen-bond acceptors (Lipinski definition) is 0. The van der Waals surface area contributed by atoms with Gasteiger partial charge in [0.15, 0.2) is 0 Å². The molecule has 0 N–H and O–H groups in total. The van der Waals surface area contributed by atoms with Gasteiger partial charge in [0.1, 0.15) is 0 Å². The molecule has 0 radical (unpaired) electrons. The van der Waals surface area contributed by atoms with E-state index in [9.17, 15) is 0 Å². The second-order valence-corrected chi connectivity index (χ2v) is 2.82. The Labute approximate surface area is 105 Å². The first-order chi connectivity index (χ1) is 4.47. The van der Waals surface area contributed by atoms with Crippen LogP contribution in [0.5, 0.6) is 0 Å². The summed E-state index contributed by atoms with van der Waals surface area (Å²) in [5.41, 5.74) is 0. The average molecular weight is 369 g/mol. The first-order valence-corrected chi connectivity index (χ1v) is 3.65. The minimum absolute atomic E-state index is 0. The van der Waals surface area contributed by atoms with Gasteiger partial charge in [0.2, 0.25) is 0 Å². The first-order valence-electron chi connectivity index (χ1n) is 3.65. The molecule has 0 aliphatic heterocycles. The third-order valence-corrected chi connectivity index (χ3v) is 2.24. The summed E-state index contributed by atoms with van der Waals surface area (Å²) in [5.74, 6) is 1.62. The van der Waals surface area contributed by atoms with E-state index in [4.69, 9.17) is 0 Å². The van der Waals surface area contributed by atoms with Crippen molar-refractivity contribution in [3.8, 4) is 0 Å². The predicted molar refractivity (Wildman–Crippen MR) is 38.8 cm³/mol. The van der Waals surface area contributed by atoms with E-state index in [-0.39, 0.29) is 50.7 Å². The average Bonchev–Trinajstić information content (AvgIpc) is 2.33. The molecule has 0 saturated heterocycles. The molecule has 0 aromatic rings. The van der Waals surface area contributed by atoms with Crippen molar-refractivity contribution in [3.63, 3.8) is 0 Å². The first kappa shape index (κ1) is 15.4. The molecule has 0 nitrogen and oxygen atoms in total. The summed E-state index contributed by atoms with van der Waals surface area (Å²) in [7, 11) is 0. The van der Waals surface area contributed by atoms with Crippen LogP contribution in [0.15, 0.2) is 24.3 Å². The van der Waals surface area contributed by atoms with Crippen molar-refractivity contribution in [1.29, 1.82) is 0 Å². The van der Waals surface area contributed by atoms with Crippen LogP contribution in [-0.2, 0) is 25.8 Å².